The van der Waals surface area contributed by atoms with Crippen LogP contribution < -0.4 is 5.32 Å². The van der Waals surface area contributed by atoms with Crippen LogP contribution in [0.3, 0.4) is 0 Å². The highest BCUT2D eigenvalue weighted by Gasteiger charge is 2.37. The van der Waals surface area contributed by atoms with Crippen molar-refractivity contribution < 1.29 is 18.0 Å². The van der Waals surface area contributed by atoms with Gasteiger partial charge in [0.05, 0.1) is 16.1 Å². The number of rotatable bonds is 7. The lowest BCUT2D eigenvalue weighted by Gasteiger charge is -2.20. The minimum Gasteiger partial charge on any atom is -0.310 e. The molecule has 1 aromatic carbocycles. The monoisotopic (exact) mass is 426 g/mol. The summed E-state index contributed by atoms with van der Waals surface area (Å²) in [6, 6.07) is 10.3. The molecular weight excluding hydrogens is 400 g/mol. The van der Waals surface area contributed by atoms with E-state index in [0.717, 1.165) is 17.5 Å². The molecule has 2 fully saturated rings. The molecule has 2 atom stereocenters. The number of hydrogen-bond acceptors (Lipinski definition) is 5. The van der Waals surface area contributed by atoms with Gasteiger partial charge < -0.3 is 5.32 Å². The van der Waals surface area contributed by atoms with Gasteiger partial charge in [-0.3, -0.25) is 9.59 Å². The number of sulfone groups is 1. The fraction of sp³-hybridized carbons (Fsp3) is 0.435. The van der Waals surface area contributed by atoms with Crippen LogP contribution in [-0.4, -0.2) is 30.3 Å². The standard InChI is InChI=1S/C23H26N2O4S/c1-15-2-11-22(24-14-15)25-23(27)21(13-16-3-6-18(26)12-16)17-4-7-19(8-5-17)30(28,29)20-9-10-20/h2,4-5,7-8,11,14,16,20-21H,3,6,9-10,12-13H2,1H3,(H,24,25,27)/t16-,21+/m0/s1. The summed E-state index contributed by atoms with van der Waals surface area (Å²) in [5.74, 6) is 0.218. The maximum absolute atomic E-state index is 13.1. The normalized spacial score (nSPS) is 20.2. The van der Waals surface area contributed by atoms with E-state index in [2.05, 4.69) is 10.3 Å². The average molecular weight is 427 g/mol. The second-order valence-corrected chi connectivity index (χ2v) is 10.7. The first-order valence-electron chi connectivity index (χ1n) is 10.4. The molecule has 1 N–H and O–H groups in total. The predicted molar refractivity (Wildman–Crippen MR) is 114 cm³/mol. The van der Waals surface area contributed by atoms with E-state index in [1.807, 2.05) is 13.0 Å². The van der Waals surface area contributed by atoms with E-state index in [-0.39, 0.29) is 22.9 Å². The molecule has 0 saturated heterocycles. The van der Waals surface area contributed by atoms with Gasteiger partial charge in [0.15, 0.2) is 9.84 Å². The van der Waals surface area contributed by atoms with Gasteiger partial charge in [-0.2, -0.15) is 0 Å². The number of Topliss-reactive ketones (excluding diaryl/α,β-unsaturated/α-hetero) is 1. The molecule has 0 spiro atoms. The third-order valence-electron chi connectivity index (χ3n) is 5.97. The Hall–Kier alpha value is -2.54. The van der Waals surface area contributed by atoms with Gasteiger partial charge in [-0.1, -0.05) is 18.2 Å². The van der Waals surface area contributed by atoms with Gasteiger partial charge in [-0.15, -0.1) is 0 Å². The first-order valence-corrected chi connectivity index (χ1v) is 12.0. The number of amides is 1. The minimum absolute atomic E-state index is 0.161. The van der Waals surface area contributed by atoms with Crippen LogP contribution in [0.5, 0.6) is 0 Å². The van der Waals surface area contributed by atoms with Gasteiger partial charge >= 0.3 is 0 Å². The highest BCUT2D eigenvalue weighted by Crippen LogP contribution is 2.36. The molecule has 30 heavy (non-hydrogen) atoms. The Bertz CT molecular complexity index is 1040. The quantitative estimate of drug-likeness (QED) is 0.727. The summed E-state index contributed by atoms with van der Waals surface area (Å²) in [7, 11) is -3.27. The zero-order chi connectivity index (χ0) is 21.3. The van der Waals surface area contributed by atoms with Crippen molar-refractivity contribution in [3.8, 4) is 0 Å². The van der Waals surface area contributed by atoms with Crippen LogP contribution >= 0.6 is 0 Å². The molecular formula is C23H26N2O4S. The van der Waals surface area contributed by atoms with Crippen molar-refractivity contribution in [1.29, 1.82) is 0 Å². The Labute approximate surface area is 177 Å². The number of aryl methyl sites for hydroxylation is 1. The van der Waals surface area contributed by atoms with Gasteiger partial charge in [0, 0.05) is 19.0 Å². The molecule has 1 amide bonds. The van der Waals surface area contributed by atoms with Crippen molar-refractivity contribution in [2.45, 2.75) is 61.5 Å². The lowest BCUT2D eigenvalue weighted by atomic mass is 9.87. The summed E-state index contributed by atoms with van der Waals surface area (Å²) in [5, 5.41) is 2.61. The molecule has 158 valence electrons. The molecule has 2 aliphatic rings. The SMILES string of the molecule is Cc1ccc(NC(=O)[C@H](C[C@H]2CCC(=O)C2)c2ccc(S(=O)(=O)C3CC3)cc2)nc1. The van der Waals surface area contributed by atoms with Crippen LogP contribution in [0.1, 0.15) is 55.6 Å². The van der Waals surface area contributed by atoms with Gasteiger partial charge in [-0.05, 0) is 67.9 Å². The third kappa shape index (κ3) is 4.61. The Morgan fingerprint density at radius 3 is 2.43 bits per heavy atom. The largest absolute Gasteiger partial charge is 0.310 e. The van der Waals surface area contributed by atoms with Crippen molar-refractivity contribution in [3.05, 3.63) is 53.7 Å². The number of aromatic nitrogens is 1. The number of pyridine rings is 1. The fourth-order valence-corrected chi connectivity index (χ4v) is 5.69. The van der Waals surface area contributed by atoms with Crippen LogP contribution in [0, 0.1) is 12.8 Å². The molecule has 6 nitrogen and oxygen atoms in total. The number of carbonyl (C=O) groups is 2. The van der Waals surface area contributed by atoms with Crippen LogP contribution in [-0.2, 0) is 19.4 Å². The molecule has 1 heterocycles. The maximum atomic E-state index is 13.1. The van der Waals surface area contributed by atoms with Crippen molar-refractivity contribution in [3.63, 3.8) is 0 Å². The van der Waals surface area contributed by atoms with Gasteiger partial charge in [-0.25, -0.2) is 13.4 Å². The average Bonchev–Trinajstić information content (AvgIpc) is 3.51. The van der Waals surface area contributed by atoms with E-state index in [1.165, 1.54) is 0 Å². The van der Waals surface area contributed by atoms with Gasteiger partial charge in [0.1, 0.15) is 11.6 Å². The molecule has 0 unspecified atom stereocenters. The summed E-state index contributed by atoms with van der Waals surface area (Å²) in [5.41, 5.74) is 1.76. The van der Waals surface area contributed by atoms with E-state index >= 15 is 0 Å². The second-order valence-electron chi connectivity index (χ2n) is 8.46. The van der Waals surface area contributed by atoms with E-state index in [0.29, 0.717) is 42.8 Å². The van der Waals surface area contributed by atoms with Crippen molar-refractivity contribution in [2.75, 3.05) is 5.32 Å². The highest BCUT2D eigenvalue weighted by atomic mass is 32.2. The van der Waals surface area contributed by atoms with E-state index < -0.39 is 15.8 Å². The van der Waals surface area contributed by atoms with Gasteiger partial charge in [0.25, 0.3) is 0 Å². The van der Waals surface area contributed by atoms with Crippen molar-refractivity contribution in [1.82, 2.24) is 4.98 Å². The first-order chi connectivity index (χ1) is 14.3. The number of nitrogens with zero attached hydrogens (tertiary/aromatic N) is 1. The summed E-state index contributed by atoms with van der Waals surface area (Å²) in [6.07, 6.45) is 5.54. The highest BCUT2D eigenvalue weighted by molar-refractivity contribution is 7.92. The van der Waals surface area contributed by atoms with Crippen LogP contribution in [0.2, 0.25) is 0 Å². The number of carbonyl (C=O) groups excluding carboxylic acids is 2. The lowest BCUT2D eigenvalue weighted by molar-refractivity contribution is -0.119. The molecule has 2 aromatic rings. The molecule has 2 aliphatic carbocycles. The molecule has 0 bridgehead atoms. The number of nitrogens with one attached hydrogen (secondary N) is 1. The fourth-order valence-electron chi connectivity index (χ4n) is 4.04. The number of hydrogen-bond donors (Lipinski definition) is 1. The van der Waals surface area contributed by atoms with Crippen LogP contribution in [0.4, 0.5) is 5.82 Å². The van der Waals surface area contributed by atoms with Crippen LogP contribution in [0.25, 0.3) is 0 Å². The molecule has 4 rings (SSSR count). The van der Waals surface area contributed by atoms with Crippen molar-refractivity contribution >= 4 is 27.3 Å². The van der Waals surface area contributed by atoms with E-state index in [1.54, 1.807) is 36.5 Å². The Balaban J connectivity index is 1.56. The second kappa shape index (κ2) is 8.30. The first kappa shape index (κ1) is 20.7. The molecule has 7 heteroatoms. The number of anilines is 1. The molecule has 0 aliphatic heterocycles. The summed E-state index contributed by atoms with van der Waals surface area (Å²) in [6.45, 7) is 1.93. The Morgan fingerprint density at radius 2 is 1.87 bits per heavy atom. The zero-order valence-electron chi connectivity index (χ0n) is 17.0. The molecule has 1 aromatic heterocycles. The number of ketones is 1. The van der Waals surface area contributed by atoms with Gasteiger partial charge in [0.2, 0.25) is 5.91 Å². The Kier molecular flexibility index (Phi) is 5.73. The third-order valence-corrected chi connectivity index (χ3v) is 8.25. The van der Waals surface area contributed by atoms with E-state index in [9.17, 15) is 18.0 Å². The van der Waals surface area contributed by atoms with E-state index in [4.69, 9.17) is 0 Å². The topological polar surface area (TPSA) is 93.2 Å². The Morgan fingerprint density at radius 1 is 1.13 bits per heavy atom. The minimum atomic E-state index is -3.27. The molecule has 2 saturated carbocycles. The lowest BCUT2D eigenvalue weighted by Crippen LogP contribution is -2.24. The summed E-state index contributed by atoms with van der Waals surface area (Å²) in [4.78, 5) is 29.4. The maximum Gasteiger partial charge on any atom is 0.233 e. The predicted octanol–water partition coefficient (Wildman–Crippen LogP) is 3.81. The smallest absolute Gasteiger partial charge is 0.233 e. The van der Waals surface area contributed by atoms with Crippen molar-refractivity contribution in [2.24, 2.45) is 5.92 Å². The number of benzene rings is 1. The summed E-state index contributed by atoms with van der Waals surface area (Å²) < 4.78 is 24.9. The molecule has 0 radical (unpaired) electrons. The van der Waals surface area contributed by atoms with Crippen LogP contribution in [0.15, 0.2) is 47.5 Å². The summed E-state index contributed by atoms with van der Waals surface area (Å²) >= 11 is 0. The zero-order valence-corrected chi connectivity index (χ0v) is 17.8.